The Kier molecular flexibility index (Phi) is 5.12. The summed E-state index contributed by atoms with van der Waals surface area (Å²) in [4.78, 5) is 12.6. The summed E-state index contributed by atoms with van der Waals surface area (Å²) < 4.78 is 5.07. The predicted molar refractivity (Wildman–Crippen MR) is 73.1 cm³/mol. The monoisotopic (exact) mass is 253 g/mol. The fourth-order valence-electron chi connectivity index (χ4n) is 1.19. The second kappa shape index (κ2) is 6.37. The van der Waals surface area contributed by atoms with Crippen LogP contribution in [0.3, 0.4) is 0 Å². The second-order valence-electron chi connectivity index (χ2n) is 5.31. The first-order chi connectivity index (χ1) is 8.44. The van der Waals surface area contributed by atoms with E-state index in [4.69, 9.17) is 4.74 Å². The van der Waals surface area contributed by atoms with Gasteiger partial charge in [-0.25, -0.2) is 0 Å². The molecular formula is C12H23N5O. The smallest absolute Gasteiger partial charge is 0.322 e. The molecule has 1 aromatic heterocycles. The van der Waals surface area contributed by atoms with E-state index in [0.717, 1.165) is 19.5 Å². The molecular weight excluding hydrogens is 230 g/mol. The molecule has 0 saturated carbocycles. The summed E-state index contributed by atoms with van der Waals surface area (Å²) in [5.41, 5.74) is 0.164. The lowest BCUT2D eigenvalue weighted by Crippen LogP contribution is -2.21. The molecule has 0 saturated heterocycles. The number of nitrogens with zero attached hydrogens (tertiary/aromatic N) is 3. The van der Waals surface area contributed by atoms with Gasteiger partial charge in [0, 0.05) is 13.1 Å². The zero-order chi connectivity index (χ0) is 13.6. The number of hydrogen-bond acceptors (Lipinski definition) is 6. The summed E-state index contributed by atoms with van der Waals surface area (Å²) in [6.07, 6.45) is 1.01. The van der Waals surface area contributed by atoms with Gasteiger partial charge in [0.25, 0.3) is 0 Å². The van der Waals surface area contributed by atoms with Crippen molar-refractivity contribution >= 4 is 11.9 Å². The van der Waals surface area contributed by atoms with Gasteiger partial charge in [-0.2, -0.15) is 15.0 Å². The molecule has 0 aromatic carbocycles. The maximum atomic E-state index is 5.07. The molecule has 0 aliphatic heterocycles. The lowest BCUT2D eigenvalue weighted by Gasteiger charge is -2.18. The van der Waals surface area contributed by atoms with Gasteiger partial charge in [-0.05, 0) is 11.8 Å². The number of anilines is 2. The second-order valence-corrected chi connectivity index (χ2v) is 5.31. The Morgan fingerprint density at radius 2 is 1.67 bits per heavy atom. The first-order valence-corrected chi connectivity index (χ1v) is 6.22. The average molecular weight is 253 g/mol. The maximum Gasteiger partial charge on any atom is 0.322 e. The third-order valence-corrected chi connectivity index (χ3v) is 2.11. The van der Waals surface area contributed by atoms with Crippen molar-refractivity contribution in [1.29, 1.82) is 0 Å². The number of rotatable bonds is 6. The number of nitrogens with one attached hydrogen (secondary N) is 2. The van der Waals surface area contributed by atoms with E-state index >= 15 is 0 Å². The van der Waals surface area contributed by atoms with Gasteiger partial charge < -0.3 is 15.4 Å². The van der Waals surface area contributed by atoms with Crippen LogP contribution in [0.4, 0.5) is 11.9 Å². The zero-order valence-corrected chi connectivity index (χ0v) is 11.9. The average Bonchev–Trinajstić information content (AvgIpc) is 2.32. The Labute approximate surface area is 109 Å². The molecule has 2 N–H and O–H groups in total. The lowest BCUT2D eigenvalue weighted by atomic mass is 9.97. The fraction of sp³-hybridized carbons (Fsp3) is 0.750. The van der Waals surface area contributed by atoms with Crippen molar-refractivity contribution < 1.29 is 4.74 Å². The predicted octanol–water partition coefficient (Wildman–Crippen LogP) is 2.16. The summed E-state index contributed by atoms with van der Waals surface area (Å²) in [5.74, 6) is 1.08. The van der Waals surface area contributed by atoms with Gasteiger partial charge in [0.15, 0.2) is 0 Å². The minimum Gasteiger partial charge on any atom is -0.467 e. The highest BCUT2D eigenvalue weighted by Gasteiger charge is 2.12. The first kappa shape index (κ1) is 14.5. The summed E-state index contributed by atoms with van der Waals surface area (Å²) in [5, 5.41) is 6.32. The molecule has 102 valence electrons. The summed E-state index contributed by atoms with van der Waals surface area (Å²) in [7, 11) is 1.55. The van der Waals surface area contributed by atoms with Crippen LogP contribution in [0.25, 0.3) is 0 Å². The van der Waals surface area contributed by atoms with Crippen molar-refractivity contribution in [3.63, 3.8) is 0 Å². The van der Waals surface area contributed by atoms with Crippen molar-refractivity contribution in [2.24, 2.45) is 5.41 Å². The van der Waals surface area contributed by atoms with Crippen LogP contribution in [0, 0.1) is 5.41 Å². The quantitative estimate of drug-likeness (QED) is 0.809. The van der Waals surface area contributed by atoms with E-state index in [1.165, 1.54) is 0 Å². The highest BCUT2D eigenvalue weighted by atomic mass is 16.5. The van der Waals surface area contributed by atoms with E-state index < -0.39 is 0 Å². The molecule has 1 rings (SSSR count). The van der Waals surface area contributed by atoms with E-state index in [1.54, 1.807) is 7.11 Å². The molecule has 0 amide bonds. The van der Waals surface area contributed by atoms with Gasteiger partial charge in [0.05, 0.1) is 7.11 Å². The molecule has 0 bridgehead atoms. The van der Waals surface area contributed by atoms with Crippen LogP contribution in [0.5, 0.6) is 6.01 Å². The fourth-order valence-corrected chi connectivity index (χ4v) is 1.19. The van der Waals surface area contributed by atoms with Crippen LogP contribution in [-0.4, -0.2) is 35.2 Å². The minimum absolute atomic E-state index is 0.164. The number of methoxy groups -OCH3 is 1. The summed E-state index contributed by atoms with van der Waals surface area (Å²) in [6.45, 7) is 10.1. The van der Waals surface area contributed by atoms with E-state index in [0.29, 0.717) is 17.9 Å². The Morgan fingerprint density at radius 3 is 2.17 bits per heavy atom. The largest absolute Gasteiger partial charge is 0.467 e. The van der Waals surface area contributed by atoms with Crippen molar-refractivity contribution in [2.45, 2.75) is 34.1 Å². The third kappa shape index (κ3) is 5.16. The highest BCUT2D eigenvalue weighted by molar-refractivity contribution is 5.35. The van der Waals surface area contributed by atoms with Gasteiger partial charge >= 0.3 is 6.01 Å². The minimum atomic E-state index is 0.164. The van der Waals surface area contributed by atoms with E-state index in [-0.39, 0.29) is 5.41 Å². The maximum absolute atomic E-state index is 5.07. The first-order valence-electron chi connectivity index (χ1n) is 6.22. The van der Waals surface area contributed by atoms with Gasteiger partial charge in [-0.15, -0.1) is 0 Å². The Morgan fingerprint density at radius 1 is 1.06 bits per heavy atom. The molecule has 0 aliphatic rings. The molecule has 0 spiro atoms. The lowest BCUT2D eigenvalue weighted by molar-refractivity contribution is 0.378. The van der Waals surface area contributed by atoms with Crippen molar-refractivity contribution in [1.82, 2.24) is 15.0 Å². The third-order valence-electron chi connectivity index (χ3n) is 2.11. The van der Waals surface area contributed by atoms with Gasteiger partial charge in [-0.1, -0.05) is 27.7 Å². The summed E-state index contributed by atoms with van der Waals surface area (Å²) in [6, 6.07) is 0.319. The molecule has 0 radical (unpaired) electrons. The molecule has 0 atom stereocenters. The van der Waals surface area contributed by atoms with E-state index in [2.05, 4.69) is 53.3 Å². The van der Waals surface area contributed by atoms with Crippen LogP contribution in [-0.2, 0) is 0 Å². The molecule has 0 aliphatic carbocycles. The van der Waals surface area contributed by atoms with Crippen LogP contribution in [0.1, 0.15) is 34.1 Å². The molecule has 1 heterocycles. The topological polar surface area (TPSA) is 72.0 Å². The van der Waals surface area contributed by atoms with Crippen LogP contribution in [0.2, 0.25) is 0 Å². The number of hydrogen-bond donors (Lipinski definition) is 2. The number of ether oxygens (including phenoxy) is 1. The number of aromatic nitrogens is 3. The Bertz CT molecular complexity index is 375. The Balaban J connectivity index is 2.76. The van der Waals surface area contributed by atoms with Gasteiger partial charge in [0.1, 0.15) is 0 Å². The van der Waals surface area contributed by atoms with Gasteiger partial charge in [0.2, 0.25) is 11.9 Å². The van der Waals surface area contributed by atoms with Crippen LogP contribution < -0.4 is 15.4 Å². The molecule has 0 unspecified atom stereocenters. The molecule has 6 heteroatoms. The SMILES string of the molecule is CCCNc1nc(NCC(C)(C)C)nc(OC)n1. The highest BCUT2D eigenvalue weighted by Crippen LogP contribution is 2.15. The molecule has 1 aromatic rings. The Hall–Kier alpha value is -1.59. The normalized spacial score (nSPS) is 11.2. The van der Waals surface area contributed by atoms with Gasteiger partial charge in [-0.3, -0.25) is 0 Å². The zero-order valence-electron chi connectivity index (χ0n) is 11.9. The van der Waals surface area contributed by atoms with Crippen LogP contribution >= 0.6 is 0 Å². The summed E-state index contributed by atoms with van der Waals surface area (Å²) >= 11 is 0. The molecule has 6 nitrogen and oxygen atoms in total. The molecule has 18 heavy (non-hydrogen) atoms. The van der Waals surface area contributed by atoms with Crippen LogP contribution in [0.15, 0.2) is 0 Å². The van der Waals surface area contributed by atoms with Crippen molar-refractivity contribution in [2.75, 3.05) is 30.8 Å². The van der Waals surface area contributed by atoms with E-state index in [1.807, 2.05) is 0 Å². The van der Waals surface area contributed by atoms with Crippen molar-refractivity contribution in [3.8, 4) is 6.01 Å². The standard InChI is InChI=1S/C12H23N5O/c1-6-7-13-9-15-10(14-8-12(2,3)4)17-11(16-9)18-5/h6-8H2,1-5H3,(H2,13,14,15,16,17). The van der Waals surface area contributed by atoms with E-state index in [9.17, 15) is 0 Å². The molecule has 0 fully saturated rings. The van der Waals surface area contributed by atoms with Crippen molar-refractivity contribution in [3.05, 3.63) is 0 Å².